The normalized spacial score (nSPS) is 20.0. The van der Waals surface area contributed by atoms with Crippen molar-refractivity contribution >= 4 is 27.7 Å². The average Bonchev–Trinajstić information content (AvgIpc) is 3.24. The number of imidazole rings is 1. The molecule has 0 saturated carbocycles. The molecule has 3 aromatic rings. The Morgan fingerprint density at radius 1 is 1.31 bits per heavy atom. The molecule has 1 amide bonds. The van der Waals surface area contributed by atoms with E-state index in [0.717, 1.165) is 39.8 Å². The largest absolute Gasteiger partial charge is 0.465 e. The van der Waals surface area contributed by atoms with Crippen LogP contribution in [-0.2, 0) is 12.0 Å². The second-order valence-corrected chi connectivity index (χ2v) is 7.69. The molecular formula is C20H20BrN3O2. The molecular weight excluding hydrogens is 394 g/mol. The van der Waals surface area contributed by atoms with Gasteiger partial charge in [-0.1, -0.05) is 30.3 Å². The molecule has 0 bridgehead atoms. The van der Waals surface area contributed by atoms with Gasteiger partial charge < -0.3 is 9.51 Å². The lowest BCUT2D eigenvalue weighted by Gasteiger charge is -2.35. The summed E-state index contributed by atoms with van der Waals surface area (Å²) in [4.78, 5) is 18.4. The zero-order valence-corrected chi connectivity index (χ0v) is 16.1. The van der Waals surface area contributed by atoms with Gasteiger partial charge in [0.2, 0.25) is 0 Å². The lowest BCUT2D eigenvalue weighted by atomic mass is 9.85. The predicted molar refractivity (Wildman–Crippen MR) is 103 cm³/mol. The van der Waals surface area contributed by atoms with Gasteiger partial charge in [0.15, 0.2) is 5.65 Å². The van der Waals surface area contributed by atoms with Crippen molar-refractivity contribution in [1.29, 1.82) is 0 Å². The zero-order chi connectivity index (χ0) is 18.3. The van der Waals surface area contributed by atoms with Gasteiger partial charge in [-0.25, -0.2) is 9.78 Å². The summed E-state index contributed by atoms with van der Waals surface area (Å²) in [6.07, 6.45) is 5.31. The number of halogens is 1. The number of amides is 1. The summed E-state index contributed by atoms with van der Waals surface area (Å²) >= 11 is 3.62. The molecule has 1 aliphatic rings. The maximum atomic E-state index is 12.0. The number of hydrogen-bond acceptors (Lipinski definition) is 2. The van der Waals surface area contributed by atoms with Crippen LogP contribution in [0.1, 0.15) is 29.7 Å². The molecule has 1 saturated heterocycles. The third-order valence-corrected chi connectivity index (χ3v) is 6.28. The van der Waals surface area contributed by atoms with Gasteiger partial charge in [0.1, 0.15) is 0 Å². The summed E-state index contributed by atoms with van der Waals surface area (Å²) < 4.78 is 2.92. The van der Waals surface area contributed by atoms with E-state index in [1.807, 2.05) is 48.0 Å². The number of aryl methyl sites for hydroxylation is 1. The highest BCUT2D eigenvalue weighted by atomic mass is 79.9. The molecule has 1 N–H and O–H groups in total. The van der Waals surface area contributed by atoms with E-state index < -0.39 is 11.6 Å². The SMILES string of the molecule is Cc1ccn2cc(C3(Cc4ccccc4)CCCN3C(=O)O)nc2c1Br. The van der Waals surface area contributed by atoms with Crippen LogP contribution >= 0.6 is 15.9 Å². The Morgan fingerprint density at radius 2 is 2.08 bits per heavy atom. The fraction of sp³-hybridized carbons (Fsp3) is 0.300. The fourth-order valence-corrected chi connectivity index (χ4v) is 4.39. The minimum atomic E-state index is -0.884. The van der Waals surface area contributed by atoms with Crippen LogP contribution in [0.2, 0.25) is 0 Å². The number of carbonyl (C=O) groups is 1. The third kappa shape index (κ3) is 2.69. The second-order valence-electron chi connectivity index (χ2n) is 6.90. The molecule has 26 heavy (non-hydrogen) atoms. The molecule has 0 radical (unpaired) electrons. The van der Waals surface area contributed by atoms with E-state index in [1.54, 1.807) is 4.90 Å². The molecule has 2 aromatic heterocycles. The van der Waals surface area contributed by atoms with Gasteiger partial charge in [-0.15, -0.1) is 0 Å². The molecule has 1 unspecified atom stereocenters. The van der Waals surface area contributed by atoms with Crippen LogP contribution in [0.15, 0.2) is 53.3 Å². The summed E-state index contributed by atoms with van der Waals surface area (Å²) in [7, 11) is 0. The first-order valence-corrected chi connectivity index (χ1v) is 9.49. The first-order valence-electron chi connectivity index (χ1n) is 8.70. The lowest BCUT2D eigenvalue weighted by Crippen LogP contribution is -2.46. The summed E-state index contributed by atoms with van der Waals surface area (Å²) in [5, 5.41) is 9.84. The standard InChI is InChI=1S/C20H20BrN3O2/c1-14-8-11-23-13-16(22-18(23)17(14)21)20(9-5-10-24(20)19(25)26)12-15-6-3-2-4-7-15/h2-4,6-8,11,13H,5,9-10,12H2,1H3,(H,25,26). The minimum absolute atomic E-state index is 0.538. The molecule has 1 aromatic carbocycles. The fourth-order valence-electron chi connectivity index (χ4n) is 3.97. The Bertz CT molecular complexity index is 970. The van der Waals surface area contributed by atoms with Crippen molar-refractivity contribution in [3.8, 4) is 0 Å². The van der Waals surface area contributed by atoms with E-state index in [4.69, 9.17) is 4.98 Å². The van der Waals surface area contributed by atoms with Gasteiger partial charge in [0.05, 0.1) is 15.7 Å². The van der Waals surface area contributed by atoms with Gasteiger partial charge >= 0.3 is 6.09 Å². The van der Waals surface area contributed by atoms with Gasteiger partial charge in [-0.05, 0) is 52.9 Å². The summed E-state index contributed by atoms with van der Waals surface area (Å²) in [6.45, 7) is 2.56. The molecule has 1 atom stereocenters. The number of hydrogen-bond donors (Lipinski definition) is 1. The van der Waals surface area contributed by atoms with Crippen LogP contribution < -0.4 is 0 Å². The van der Waals surface area contributed by atoms with Crippen molar-refractivity contribution in [3.63, 3.8) is 0 Å². The van der Waals surface area contributed by atoms with E-state index in [0.29, 0.717) is 13.0 Å². The smallest absolute Gasteiger partial charge is 0.408 e. The number of nitrogens with zero attached hydrogens (tertiary/aromatic N) is 3. The number of likely N-dealkylation sites (tertiary alicyclic amines) is 1. The molecule has 1 fully saturated rings. The monoisotopic (exact) mass is 413 g/mol. The Kier molecular flexibility index (Phi) is 4.23. The minimum Gasteiger partial charge on any atom is -0.465 e. The quantitative estimate of drug-likeness (QED) is 0.681. The van der Waals surface area contributed by atoms with Crippen LogP contribution in [0, 0.1) is 6.92 Å². The highest BCUT2D eigenvalue weighted by Gasteiger charge is 2.47. The lowest BCUT2D eigenvalue weighted by molar-refractivity contribution is 0.0985. The van der Waals surface area contributed by atoms with Crippen LogP contribution in [0.3, 0.4) is 0 Å². The zero-order valence-electron chi connectivity index (χ0n) is 14.5. The molecule has 4 rings (SSSR count). The highest BCUT2D eigenvalue weighted by Crippen LogP contribution is 2.42. The summed E-state index contributed by atoms with van der Waals surface area (Å²) in [6, 6.07) is 12.1. The average molecular weight is 414 g/mol. The number of carboxylic acid groups (broad SMARTS) is 1. The number of fused-ring (bicyclic) bond motifs is 1. The third-order valence-electron chi connectivity index (χ3n) is 5.30. The van der Waals surface area contributed by atoms with Gasteiger partial charge in [-0.3, -0.25) is 4.90 Å². The highest BCUT2D eigenvalue weighted by molar-refractivity contribution is 9.10. The van der Waals surface area contributed by atoms with Crippen molar-refractivity contribution in [2.24, 2.45) is 0 Å². The van der Waals surface area contributed by atoms with Crippen molar-refractivity contribution < 1.29 is 9.90 Å². The van der Waals surface area contributed by atoms with E-state index in [-0.39, 0.29) is 0 Å². The summed E-state index contributed by atoms with van der Waals surface area (Å²) in [5.41, 5.74) is 3.23. The number of aromatic nitrogens is 2. The first kappa shape index (κ1) is 17.1. The van der Waals surface area contributed by atoms with E-state index in [2.05, 4.69) is 28.1 Å². The molecule has 134 valence electrons. The van der Waals surface area contributed by atoms with Crippen molar-refractivity contribution in [1.82, 2.24) is 14.3 Å². The maximum Gasteiger partial charge on any atom is 0.408 e. The maximum absolute atomic E-state index is 12.0. The predicted octanol–water partition coefficient (Wildman–Crippen LogP) is 4.62. The van der Waals surface area contributed by atoms with Crippen molar-refractivity contribution in [2.75, 3.05) is 6.54 Å². The topological polar surface area (TPSA) is 57.8 Å². The number of pyridine rings is 1. The first-order chi connectivity index (χ1) is 12.5. The van der Waals surface area contributed by atoms with E-state index in [1.165, 1.54) is 0 Å². The van der Waals surface area contributed by atoms with Gasteiger partial charge in [0.25, 0.3) is 0 Å². The van der Waals surface area contributed by atoms with Gasteiger partial charge in [-0.2, -0.15) is 0 Å². The molecule has 0 spiro atoms. The molecule has 3 heterocycles. The number of benzene rings is 1. The Labute approximate surface area is 160 Å². The van der Waals surface area contributed by atoms with Crippen LogP contribution in [0.25, 0.3) is 5.65 Å². The van der Waals surface area contributed by atoms with Crippen molar-refractivity contribution in [2.45, 2.75) is 31.7 Å². The van der Waals surface area contributed by atoms with Gasteiger partial charge in [0, 0.05) is 25.4 Å². The van der Waals surface area contributed by atoms with Crippen LogP contribution in [0.4, 0.5) is 4.79 Å². The summed E-state index contributed by atoms with van der Waals surface area (Å²) in [5.74, 6) is 0. The molecule has 1 aliphatic heterocycles. The Hall–Kier alpha value is -2.34. The van der Waals surface area contributed by atoms with E-state index >= 15 is 0 Å². The molecule has 5 nitrogen and oxygen atoms in total. The van der Waals surface area contributed by atoms with Crippen molar-refractivity contribution in [3.05, 3.63) is 70.1 Å². The molecule has 6 heteroatoms. The van der Waals surface area contributed by atoms with Crippen LogP contribution in [-0.4, -0.2) is 32.0 Å². The van der Waals surface area contributed by atoms with Crippen LogP contribution in [0.5, 0.6) is 0 Å². The second kappa shape index (κ2) is 6.43. The van der Waals surface area contributed by atoms with E-state index in [9.17, 15) is 9.90 Å². The molecule has 0 aliphatic carbocycles. The Morgan fingerprint density at radius 3 is 2.81 bits per heavy atom. The number of rotatable bonds is 3. The Balaban J connectivity index is 1.88.